The maximum Gasteiger partial charge on any atom is 0.140 e. The quantitative estimate of drug-likeness (QED) is 0.914. The lowest BCUT2D eigenvalue weighted by atomic mass is 9.85. The first-order chi connectivity index (χ1) is 10.2. The molecule has 1 fully saturated rings. The summed E-state index contributed by atoms with van der Waals surface area (Å²) in [5, 5.41) is 15.0. The molecule has 1 saturated heterocycles. The number of nitrogens with zero attached hydrogens (tertiary/aromatic N) is 5. The van der Waals surface area contributed by atoms with Gasteiger partial charge in [-0.2, -0.15) is 5.10 Å². The fourth-order valence-corrected chi connectivity index (χ4v) is 2.88. The van der Waals surface area contributed by atoms with Gasteiger partial charge in [-0.1, -0.05) is 6.07 Å². The van der Waals surface area contributed by atoms with E-state index < -0.39 is 5.60 Å². The third-order valence-electron chi connectivity index (χ3n) is 4.24. The van der Waals surface area contributed by atoms with Crippen LogP contribution in [0.25, 0.3) is 0 Å². The third-order valence-corrected chi connectivity index (χ3v) is 4.24. The highest BCUT2D eigenvalue weighted by Gasteiger charge is 2.34. The standard InChI is InChI=1S/C15H21N5O/c1-2-20-14(17-12-18-20)11-19-8-5-15(21,6-9-19)13-4-3-7-16-10-13/h3-4,7,10,12,21H,2,5-6,8-9,11H2,1H3. The fraction of sp³-hybridized carbons (Fsp3) is 0.533. The summed E-state index contributed by atoms with van der Waals surface area (Å²) in [5.41, 5.74) is 0.171. The summed E-state index contributed by atoms with van der Waals surface area (Å²) >= 11 is 0. The van der Waals surface area contributed by atoms with Crippen molar-refractivity contribution >= 4 is 0 Å². The van der Waals surface area contributed by atoms with Gasteiger partial charge in [-0.25, -0.2) is 9.67 Å². The molecule has 3 rings (SSSR count). The first-order valence-electron chi connectivity index (χ1n) is 7.43. The SMILES string of the molecule is CCn1ncnc1CN1CCC(O)(c2cccnc2)CC1. The smallest absolute Gasteiger partial charge is 0.140 e. The predicted octanol–water partition coefficient (Wildman–Crippen LogP) is 1.18. The highest BCUT2D eigenvalue weighted by molar-refractivity contribution is 5.19. The zero-order valence-corrected chi connectivity index (χ0v) is 12.3. The third kappa shape index (κ3) is 2.96. The number of pyridine rings is 1. The van der Waals surface area contributed by atoms with Crippen LogP contribution in [0.5, 0.6) is 0 Å². The lowest BCUT2D eigenvalue weighted by Crippen LogP contribution is -2.42. The lowest BCUT2D eigenvalue weighted by Gasteiger charge is -2.38. The number of piperidine rings is 1. The van der Waals surface area contributed by atoms with E-state index >= 15 is 0 Å². The van der Waals surface area contributed by atoms with E-state index in [4.69, 9.17) is 0 Å². The van der Waals surface area contributed by atoms with Crippen LogP contribution in [0.15, 0.2) is 30.9 Å². The van der Waals surface area contributed by atoms with E-state index in [-0.39, 0.29) is 0 Å². The average Bonchev–Trinajstić information content (AvgIpc) is 2.98. The molecule has 0 unspecified atom stereocenters. The Labute approximate surface area is 124 Å². The summed E-state index contributed by atoms with van der Waals surface area (Å²) < 4.78 is 1.92. The number of rotatable bonds is 4. The second-order valence-electron chi connectivity index (χ2n) is 5.54. The maximum atomic E-state index is 10.8. The zero-order chi connectivity index (χ0) is 14.7. The monoisotopic (exact) mass is 287 g/mol. The second-order valence-corrected chi connectivity index (χ2v) is 5.54. The van der Waals surface area contributed by atoms with E-state index in [2.05, 4.69) is 26.9 Å². The molecule has 21 heavy (non-hydrogen) atoms. The number of hydrogen-bond acceptors (Lipinski definition) is 5. The van der Waals surface area contributed by atoms with E-state index in [1.54, 1.807) is 18.7 Å². The Bertz CT molecular complexity index is 575. The van der Waals surface area contributed by atoms with Crippen LogP contribution in [-0.2, 0) is 18.7 Å². The summed E-state index contributed by atoms with van der Waals surface area (Å²) in [6, 6.07) is 3.83. The Hall–Kier alpha value is -1.79. The van der Waals surface area contributed by atoms with Crippen LogP contribution in [0, 0.1) is 0 Å². The van der Waals surface area contributed by atoms with Crippen molar-refractivity contribution in [1.82, 2.24) is 24.6 Å². The van der Waals surface area contributed by atoms with Gasteiger partial charge in [-0.15, -0.1) is 0 Å². The van der Waals surface area contributed by atoms with Gasteiger partial charge in [0.25, 0.3) is 0 Å². The molecule has 2 aromatic heterocycles. The highest BCUT2D eigenvalue weighted by atomic mass is 16.3. The van der Waals surface area contributed by atoms with Crippen LogP contribution in [-0.4, -0.2) is 42.8 Å². The van der Waals surface area contributed by atoms with Crippen LogP contribution in [0.4, 0.5) is 0 Å². The molecule has 0 bridgehead atoms. The molecule has 0 spiro atoms. The molecule has 2 aromatic rings. The van der Waals surface area contributed by atoms with E-state index in [1.807, 2.05) is 16.8 Å². The van der Waals surface area contributed by atoms with Gasteiger partial charge in [0.05, 0.1) is 12.1 Å². The first kappa shape index (κ1) is 14.2. The van der Waals surface area contributed by atoms with Crippen LogP contribution in [0.1, 0.15) is 31.2 Å². The van der Waals surface area contributed by atoms with Crippen molar-refractivity contribution in [1.29, 1.82) is 0 Å². The predicted molar refractivity (Wildman–Crippen MR) is 78.3 cm³/mol. The molecule has 0 aromatic carbocycles. The summed E-state index contributed by atoms with van der Waals surface area (Å²) in [6.07, 6.45) is 6.55. The van der Waals surface area contributed by atoms with Crippen LogP contribution in [0.3, 0.4) is 0 Å². The summed E-state index contributed by atoms with van der Waals surface area (Å²) in [6.45, 7) is 5.39. The van der Waals surface area contributed by atoms with Crippen molar-refractivity contribution in [3.8, 4) is 0 Å². The minimum atomic E-state index is -0.747. The minimum absolute atomic E-state index is 0.721. The van der Waals surface area contributed by atoms with Crippen LogP contribution >= 0.6 is 0 Å². The van der Waals surface area contributed by atoms with Gasteiger partial charge in [0.2, 0.25) is 0 Å². The molecular weight excluding hydrogens is 266 g/mol. The van der Waals surface area contributed by atoms with Crippen molar-refractivity contribution in [2.24, 2.45) is 0 Å². The molecule has 0 radical (unpaired) electrons. The van der Waals surface area contributed by atoms with Crippen molar-refractivity contribution in [2.45, 2.75) is 38.5 Å². The van der Waals surface area contributed by atoms with Gasteiger partial charge >= 0.3 is 0 Å². The van der Waals surface area contributed by atoms with E-state index in [0.29, 0.717) is 0 Å². The highest BCUT2D eigenvalue weighted by Crippen LogP contribution is 2.32. The van der Waals surface area contributed by atoms with E-state index in [0.717, 1.165) is 50.4 Å². The normalized spacial score (nSPS) is 18.8. The average molecular weight is 287 g/mol. The van der Waals surface area contributed by atoms with E-state index in [9.17, 15) is 5.11 Å². The molecule has 112 valence electrons. The van der Waals surface area contributed by atoms with Crippen molar-refractivity contribution < 1.29 is 5.11 Å². The van der Waals surface area contributed by atoms with Gasteiger partial charge in [0.1, 0.15) is 12.2 Å². The lowest BCUT2D eigenvalue weighted by molar-refractivity contribution is -0.0287. The molecule has 6 nitrogen and oxygen atoms in total. The Morgan fingerprint density at radius 3 is 2.81 bits per heavy atom. The second kappa shape index (κ2) is 5.91. The van der Waals surface area contributed by atoms with Crippen LogP contribution < -0.4 is 0 Å². The van der Waals surface area contributed by atoms with Crippen molar-refractivity contribution in [3.63, 3.8) is 0 Å². The van der Waals surface area contributed by atoms with Gasteiger partial charge in [0.15, 0.2) is 0 Å². The molecule has 6 heteroatoms. The molecule has 0 atom stereocenters. The minimum Gasteiger partial charge on any atom is -0.385 e. The number of aryl methyl sites for hydroxylation is 1. The molecule has 1 aliphatic rings. The Kier molecular flexibility index (Phi) is 3.98. The maximum absolute atomic E-state index is 10.8. The molecule has 0 saturated carbocycles. The number of likely N-dealkylation sites (tertiary alicyclic amines) is 1. The van der Waals surface area contributed by atoms with Crippen molar-refractivity contribution in [2.75, 3.05) is 13.1 Å². The Morgan fingerprint density at radius 2 is 2.14 bits per heavy atom. The molecule has 0 amide bonds. The number of hydrogen-bond donors (Lipinski definition) is 1. The van der Waals surface area contributed by atoms with Gasteiger partial charge in [-0.05, 0) is 25.8 Å². The Balaban J connectivity index is 1.63. The molecule has 1 N–H and O–H groups in total. The largest absolute Gasteiger partial charge is 0.385 e. The summed E-state index contributed by atoms with van der Waals surface area (Å²) in [4.78, 5) is 10.7. The summed E-state index contributed by atoms with van der Waals surface area (Å²) in [5.74, 6) is 0.990. The number of aromatic nitrogens is 4. The van der Waals surface area contributed by atoms with Gasteiger partial charge < -0.3 is 5.11 Å². The van der Waals surface area contributed by atoms with Gasteiger partial charge in [-0.3, -0.25) is 9.88 Å². The molecule has 3 heterocycles. The summed E-state index contributed by atoms with van der Waals surface area (Å²) in [7, 11) is 0. The van der Waals surface area contributed by atoms with Crippen LogP contribution in [0.2, 0.25) is 0 Å². The van der Waals surface area contributed by atoms with Gasteiger partial charge in [0, 0.05) is 37.6 Å². The molecule has 1 aliphatic heterocycles. The van der Waals surface area contributed by atoms with E-state index in [1.165, 1.54) is 0 Å². The molecular formula is C15H21N5O. The fourth-order valence-electron chi connectivity index (χ4n) is 2.88. The van der Waals surface area contributed by atoms with Crippen molar-refractivity contribution in [3.05, 3.63) is 42.2 Å². The Morgan fingerprint density at radius 1 is 1.33 bits per heavy atom. The molecule has 0 aliphatic carbocycles. The number of aliphatic hydroxyl groups is 1. The zero-order valence-electron chi connectivity index (χ0n) is 12.3. The first-order valence-corrected chi connectivity index (χ1v) is 7.43. The topological polar surface area (TPSA) is 67.1 Å².